The van der Waals surface area contributed by atoms with Gasteiger partial charge in [0.25, 0.3) is 0 Å². The summed E-state index contributed by atoms with van der Waals surface area (Å²) < 4.78 is 35.2. The zero-order chi connectivity index (χ0) is 10.5. The molecule has 0 spiro atoms. The lowest BCUT2D eigenvalue weighted by atomic mass is 10.1. The van der Waals surface area contributed by atoms with Crippen LogP contribution in [0.2, 0.25) is 0 Å². The summed E-state index contributed by atoms with van der Waals surface area (Å²) in [5.41, 5.74) is 0. The normalized spacial score (nSPS) is 14.2. The van der Waals surface area contributed by atoms with Crippen molar-refractivity contribution in [3.8, 4) is 0 Å². The van der Waals surface area contributed by atoms with Gasteiger partial charge in [0.05, 0.1) is 0 Å². The number of rotatable bonds is 5. The molecule has 0 rings (SSSR count). The van der Waals surface area contributed by atoms with E-state index >= 15 is 0 Å². The monoisotopic (exact) mass is 199 g/mol. The molecule has 78 valence electrons. The van der Waals surface area contributed by atoms with Crippen LogP contribution in [-0.2, 0) is 4.79 Å². The van der Waals surface area contributed by atoms with Crippen LogP contribution in [-0.4, -0.2) is 23.4 Å². The number of carbonyl (C=O) groups is 1. The summed E-state index contributed by atoms with van der Waals surface area (Å²) in [6.07, 6.45) is -3.51. The summed E-state index contributed by atoms with van der Waals surface area (Å²) in [4.78, 5) is 10.3. The van der Waals surface area contributed by atoms with Crippen LogP contribution in [0.25, 0.3) is 0 Å². The van der Waals surface area contributed by atoms with Crippen LogP contribution in [0.3, 0.4) is 0 Å². The number of carboxylic acids is 1. The molecule has 0 aromatic rings. The fourth-order valence-corrected chi connectivity index (χ4v) is 0.863. The molecule has 0 heterocycles. The van der Waals surface area contributed by atoms with Crippen LogP contribution in [0.4, 0.5) is 13.2 Å². The smallest absolute Gasteiger partial charge is 0.457 e. The molecule has 0 aromatic heterocycles. The Kier molecular flexibility index (Phi) is 4.76. The highest BCUT2D eigenvalue weighted by atomic mass is 19.4. The Morgan fingerprint density at radius 2 is 2.08 bits per heavy atom. The Balaban J connectivity index is 4.03. The van der Waals surface area contributed by atoms with Crippen molar-refractivity contribution in [1.82, 2.24) is 5.32 Å². The van der Waals surface area contributed by atoms with Crippen molar-refractivity contribution >= 4 is 5.97 Å². The van der Waals surface area contributed by atoms with Gasteiger partial charge < -0.3 is 5.11 Å². The Hall–Kier alpha value is -0.780. The van der Waals surface area contributed by atoms with Crippen molar-refractivity contribution in [2.45, 2.75) is 38.5 Å². The predicted molar refractivity (Wildman–Crippen MR) is 40.1 cm³/mol. The molecule has 3 nitrogen and oxygen atoms in total. The number of halogens is 3. The molecule has 6 heteroatoms. The maximum absolute atomic E-state index is 11.7. The Morgan fingerprint density at radius 1 is 1.54 bits per heavy atom. The number of alkyl halides is 3. The lowest BCUT2D eigenvalue weighted by Crippen LogP contribution is -2.45. The van der Waals surface area contributed by atoms with Gasteiger partial charge in [0.15, 0.2) is 0 Å². The van der Waals surface area contributed by atoms with E-state index in [9.17, 15) is 18.0 Å². The van der Waals surface area contributed by atoms with E-state index in [-0.39, 0.29) is 6.42 Å². The second-order valence-corrected chi connectivity index (χ2v) is 2.68. The van der Waals surface area contributed by atoms with E-state index in [0.29, 0.717) is 12.8 Å². The first-order valence-corrected chi connectivity index (χ1v) is 3.94. The minimum absolute atomic E-state index is 0.00859. The highest BCUT2D eigenvalue weighted by Gasteiger charge is 2.33. The highest BCUT2D eigenvalue weighted by Crippen LogP contribution is 2.13. The molecular weight excluding hydrogens is 187 g/mol. The summed E-state index contributed by atoms with van der Waals surface area (Å²) in [6.45, 7) is 1.78. The van der Waals surface area contributed by atoms with Crippen LogP contribution < -0.4 is 5.32 Å². The summed E-state index contributed by atoms with van der Waals surface area (Å²) >= 11 is 0. The third kappa shape index (κ3) is 6.39. The predicted octanol–water partition coefficient (Wildman–Crippen LogP) is 1.74. The van der Waals surface area contributed by atoms with Crippen molar-refractivity contribution < 1.29 is 23.1 Å². The maximum atomic E-state index is 11.7. The number of aliphatic carboxylic acids is 1. The molecule has 13 heavy (non-hydrogen) atoms. The van der Waals surface area contributed by atoms with Gasteiger partial charge in [-0.15, -0.1) is 0 Å². The van der Waals surface area contributed by atoms with E-state index in [1.54, 1.807) is 6.92 Å². The first kappa shape index (κ1) is 12.2. The number of hydrogen-bond donors (Lipinski definition) is 2. The molecule has 1 atom stereocenters. The van der Waals surface area contributed by atoms with Gasteiger partial charge in [-0.25, -0.2) is 5.32 Å². The summed E-state index contributed by atoms with van der Waals surface area (Å²) in [6, 6.07) is -1.53. The SMILES string of the molecule is CCCC[C@H](NC(F)(F)F)C(=O)O. The molecule has 0 saturated heterocycles. The van der Waals surface area contributed by atoms with Crippen LogP contribution in [0.5, 0.6) is 0 Å². The number of hydrogen-bond acceptors (Lipinski definition) is 2. The van der Waals surface area contributed by atoms with Gasteiger partial charge in [-0.3, -0.25) is 4.79 Å². The van der Waals surface area contributed by atoms with Gasteiger partial charge in [0, 0.05) is 0 Å². The molecule has 0 aliphatic heterocycles. The van der Waals surface area contributed by atoms with Gasteiger partial charge in [0.1, 0.15) is 6.04 Å². The zero-order valence-corrected chi connectivity index (χ0v) is 7.19. The molecule has 0 radical (unpaired) electrons. The Bertz CT molecular complexity index is 170. The largest absolute Gasteiger partial charge is 0.480 e. The maximum Gasteiger partial charge on any atom is 0.457 e. The summed E-state index contributed by atoms with van der Waals surface area (Å²) in [5, 5.41) is 9.49. The van der Waals surface area contributed by atoms with Crippen LogP contribution >= 0.6 is 0 Å². The average Bonchev–Trinajstić information content (AvgIpc) is 1.95. The van der Waals surface area contributed by atoms with E-state index in [4.69, 9.17) is 5.11 Å². The quantitative estimate of drug-likeness (QED) is 0.663. The van der Waals surface area contributed by atoms with Gasteiger partial charge in [-0.2, -0.15) is 13.2 Å². The Morgan fingerprint density at radius 3 is 2.38 bits per heavy atom. The van der Waals surface area contributed by atoms with Gasteiger partial charge >= 0.3 is 12.3 Å². The van der Waals surface area contributed by atoms with Crippen molar-refractivity contribution in [3.05, 3.63) is 0 Å². The summed E-state index contributed by atoms with van der Waals surface area (Å²) in [7, 11) is 0. The van der Waals surface area contributed by atoms with E-state index in [2.05, 4.69) is 0 Å². The third-order valence-electron chi connectivity index (χ3n) is 1.48. The number of nitrogens with one attached hydrogen (secondary N) is 1. The second kappa shape index (κ2) is 5.06. The van der Waals surface area contributed by atoms with E-state index < -0.39 is 18.3 Å². The number of unbranched alkanes of at least 4 members (excludes halogenated alkanes) is 1. The standard InChI is InChI=1S/C7H12F3NO2/c1-2-3-4-5(6(12)13)11-7(8,9)10/h5,11H,2-4H2,1H3,(H,12,13)/t5-/m0/s1. The summed E-state index contributed by atoms with van der Waals surface area (Å²) in [5.74, 6) is -1.47. The molecule has 0 aliphatic carbocycles. The van der Waals surface area contributed by atoms with Crippen LogP contribution in [0.15, 0.2) is 0 Å². The van der Waals surface area contributed by atoms with E-state index in [1.807, 2.05) is 0 Å². The van der Waals surface area contributed by atoms with Crippen molar-refractivity contribution in [2.75, 3.05) is 0 Å². The molecule has 0 unspecified atom stereocenters. The van der Waals surface area contributed by atoms with Crippen LogP contribution in [0.1, 0.15) is 26.2 Å². The van der Waals surface area contributed by atoms with Crippen molar-refractivity contribution in [3.63, 3.8) is 0 Å². The average molecular weight is 199 g/mol. The molecule has 0 amide bonds. The molecule has 0 bridgehead atoms. The Labute approximate surface area is 73.9 Å². The fourth-order valence-electron chi connectivity index (χ4n) is 0.863. The highest BCUT2D eigenvalue weighted by molar-refractivity contribution is 5.73. The lowest BCUT2D eigenvalue weighted by Gasteiger charge is -2.15. The van der Waals surface area contributed by atoms with Crippen LogP contribution in [0, 0.1) is 0 Å². The van der Waals surface area contributed by atoms with Crippen molar-refractivity contribution in [2.24, 2.45) is 0 Å². The lowest BCUT2D eigenvalue weighted by molar-refractivity contribution is -0.174. The van der Waals surface area contributed by atoms with Crippen molar-refractivity contribution in [1.29, 1.82) is 0 Å². The second-order valence-electron chi connectivity index (χ2n) is 2.68. The fraction of sp³-hybridized carbons (Fsp3) is 0.857. The van der Waals surface area contributed by atoms with Gasteiger partial charge in [-0.05, 0) is 6.42 Å². The first-order chi connectivity index (χ1) is 5.87. The minimum atomic E-state index is -4.63. The zero-order valence-electron chi connectivity index (χ0n) is 7.19. The molecule has 0 aromatic carbocycles. The first-order valence-electron chi connectivity index (χ1n) is 3.94. The molecule has 0 aliphatic rings. The molecular formula is C7H12F3NO2. The van der Waals surface area contributed by atoms with Gasteiger partial charge in [-0.1, -0.05) is 19.8 Å². The number of carboxylic acid groups (broad SMARTS) is 1. The molecule has 2 N–H and O–H groups in total. The minimum Gasteiger partial charge on any atom is -0.480 e. The molecule has 0 fully saturated rings. The van der Waals surface area contributed by atoms with Gasteiger partial charge in [0.2, 0.25) is 0 Å². The van der Waals surface area contributed by atoms with E-state index in [0.717, 1.165) is 5.32 Å². The molecule has 0 saturated carbocycles. The topological polar surface area (TPSA) is 49.3 Å². The van der Waals surface area contributed by atoms with E-state index in [1.165, 1.54) is 0 Å². The third-order valence-corrected chi connectivity index (χ3v) is 1.48.